The van der Waals surface area contributed by atoms with E-state index in [1.807, 2.05) is 11.8 Å². The van der Waals surface area contributed by atoms with Crippen LogP contribution in [-0.2, 0) is 10.2 Å². The summed E-state index contributed by atoms with van der Waals surface area (Å²) in [4.78, 5) is 0. The second kappa shape index (κ2) is 3.76. The zero-order chi connectivity index (χ0) is 9.31. The van der Waals surface area contributed by atoms with Crippen molar-refractivity contribution >= 4 is 22.0 Å². The van der Waals surface area contributed by atoms with Gasteiger partial charge in [-0.1, -0.05) is 0 Å². The van der Waals surface area contributed by atoms with Gasteiger partial charge in [-0.05, 0) is 18.6 Å². The Morgan fingerprint density at radius 1 is 1.38 bits per heavy atom. The van der Waals surface area contributed by atoms with E-state index in [9.17, 15) is 8.42 Å². The Morgan fingerprint density at radius 2 is 2.15 bits per heavy atom. The molecule has 13 heavy (non-hydrogen) atoms. The van der Waals surface area contributed by atoms with Crippen LogP contribution >= 0.6 is 11.8 Å². The first-order valence-electron chi connectivity index (χ1n) is 4.54. The minimum Gasteiger partial charge on any atom is -0.198 e. The topological polar surface area (TPSA) is 49.4 Å². The lowest BCUT2D eigenvalue weighted by molar-refractivity contribution is 0.302. The molecule has 2 aliphatic rings. The second-order valence-corrected chi connectivity index (χ2v) is 6.29. The lowest BCUT2D eigenvalue weighted by atomic mass is 10.3. The summed E-state index contributed by atoms with van der Waals surface area (Å²) in [6.07, 6.45) is 1.97. The molecule has 1 atom stereocenters. The van der Waals surface area contributed by atoms with Crippen molar-refractivity contribution in [3.63, 3.8) is 0 Å². The van der Waals surface area contributed by atoms with E-state index in [4.69, 9.17) is 0 Å². The molecule has 0 aromatic carbocycles. The molecule has 1 N–H and O–H groups in total. The summed E-state index contributed by atoms with van der Waals surface area (Å²) < 4.78 is 27.4. The Morgan fingerprint density at radius 3 is 2.62 bits per heavy atom. The third-order valence-electron chi connectivity index (χ3n) is 2.40. The summed E-state index contributed by atoms with van der Waals surface area (Å²) in [5.74, 6) is 2.00. The molecule has 0 aliphatic carbocycles. The van der Waals surface area contributed by atoms with Gasteiger partial charge in [-0.3, -0.25) is 0 Å². The Balaban J connectivity index is 1.91. The summed E-state index contributed by atoms with van der Waals surface area (Å²) in [5, 5.41) is 0. The molecule has 2 fully saturated rings. The van der Waals surface area contributed by atoms with E-state index >= 15 is 0 Å². The molecule has 0 spiro atoms. The van der Waals surface area contributed by atoms with Crippen LogP contribution in [0.25, 0.3) is 0 Å². The highest BCUT2D eigenvalue weighted by molar-refractivity contribution is 7.99. The molecule has 0 aromatic heterocycles. The largest absolute Gasteiger partial charge is 0.279 e. The van der Waals surface area contributed by atoms with Gasteiger partial charge in [-0.2, -0.15) is 29.2 Å². The van der Waals surface area contributed by atoms with Crippen LogP contribution in [-0.4, -0.2) is 43.4 Å². The van der Waals surface area contributed by atoms with Gasteiger partial charge in [0.05, 0.1) is 0 Å². The maximum Gasteiger partial charge on any atom is 0.279 e. The average Bonchev–Trinajstić information content (AvgIpc) is 2.32. The quantitative estimate of drug-likeness (QED) is 0.733. The Labute approximate surface area is 83.2 Å². The van der Waals surface area contributed by atoms with Crippen LogP contribution in [0.3, 0.4) is 0 Å². The lowest BCUT2D eigenvalue weighted by Gasteiger charge is -2.30. The highest BCUT2D eigenvalue weighted by atomic mass is 32.2. The van der Waals surface area contributed by atoms with Crippen molar-refractivity contribution in [2.24, 2.45) is 0 Å². The minimum atomic E-state index is -3.14. The van der Waals surface area contributed by atoms with Gasteiger partial charge in [0.25, 0.3) is 10.2 Å². The zero-order valence-electron chi connectivity index (χ0n) is 7.40. The van der Waals surface area contributed by atoms with Crippen LogP contribution in [0.2, 0.25) is 0 Å². The molecule has 4 nitrogen and oxygen atoms in total. The standard InChI is InChI=1S/C7H14N2O2S2/c10-13(11,9-3-1-4-9)8-7-2-5-12-6-7/h7-8H,1-6H2. The summed E-state index contributed by atoms with van der Waals surface area (Å²) in [6.45, 7) is 1.38. The predicted octanol–water partition coefficient (Wildman–Crippen LogP) is 0.0320. The van der Waals surface area contributed by atoms with Gasteiger partial charge in [0.2, 0.25) is 0 Å². The first kappa shape index (κ1) is 9.76. The van der Waals surface area contributed by atoms with E-state index in [2.05, 4.69) is 4.72 Å². The van der Waals surface area contributed by atoms with Crippen molar-refractivity contribution in [3.05, 3.63) is 0 Å². The molecule has 2 aliphatic heterocycles. The summed E-state index contributed by atoms with van der Waals surface area (Å²) in [6, 6.07) is 0.163. The highest BCUT2D eigenvalue weighted by Crippen LogP contribution is 2.19. The smallest absolute Gasteiger partial charge is 0.198 e. The van der Waals surface area contributed by atoms with E-state index in [1.165, 1.54) is 4.31 Å². The van der Waals surface area contributed by atoms with Gasteiger partial charge < -0.3 is 0 Å². The monoisotopic (exact) mass is 222 g/mol. The third kappa shape index (κ3) is 2.18. The molecular weight excluding hydrogens is 208 g/mol. The minimum absolute atomic E-state index is 0.163. The van der Waals surface area contributed by atoms with E-state index in [1.54, 1.807) is 0 Å². The van der Waals surface area contributed by atoms with Crippen LogP contribution in [0.5, 0.6) is 0 Å². The SMILES string of the molecule is O=S(=O)(NC1CCSC1)N1CCC1. The average molecular weight is 222 g/mol. The number of nitrogens with one attached hydrogen (secondary N) is 1. The first-order valence-corrected chi connectivity index (χ1v) is 7.13. The van der Waals surface area contributed by atoms with Crippen molar-refractivity contribution in [1.29, 1.82) is 0 Å². The fourth-order valence-electron chi connectivity index (χ4n) is 1.44. The van der Waals surface area contributed by atoms with Gasteiger partial charge >= 0.3 is 0 Å². The van der Waals surface area contributed by atoms with Gasteiger partial charge in [0, 0.05) is 24.9 Å². The number of hydrogen-bond donors (Lipinski definition) is 1. The van der Waals surface area contributed by atoms with Gasteiger partial charge in [0.1, 0.15) is 0 Å². The van der Waals surface area contributed by atoms with E-state index < -0.39 is 10.2 Å². The van der Waals surface area contributed by atoms with Crippen LogP contribution in [0.4, 0.5) is 0 Å². The van der Waals surface area contributed by atoms with E-state index in [0.717, 1.165) is 24.3 Å². The molecule has 0 bridgehead atoms. The molecule has 2 rings (SSSR count). The molecule has 1 unspecified atom stereocenters. The van der Waals surface area contributed by atoms with Crippen molar-refractivity contribution in [3.8, 4) is 0 Å². The molecule has 0 amide bonds. The van der Waals surface area contributed by atoms with Gasteiger partial charge in [-0.25, -0.2) is 0 Å². The van der Waals surface area contributed by atoms with Crippen molar-refractivity contribution in [2.45, 2.75) is 18.9 Å². The molecular formula is C7H14N2O2S2. The molecule has 0 saturated carbocycles. The van der Waals surface area contributed by atoms with Crippen LogP contribution in [0.15, 0.2) is 0 Å². The van der Waals surface area contributed by atoms with Crippen molar-refractivity contribution in [2.75, 3.05) is 24.6 Å². The van der Waals surface area contributed by atoms with Crippen LogP contribution in [0.1, 0.15) is 12.8 Å². The third-order valence-corrected chi connectivity index (χ3v) is 5.24. The van der Waals surface area contributed by atoms with Crippen molar-refractivity contribution < 1.29 is 8.42 Å². The predicted molar refractivity (Wildman–Crippen MR) is 54.0 cm³/mol. The molecule has 2 heterocycles. The maximum absolute atomic E-state index is 11.6. The molecule has 6 heteroatoms. The van der Waals surface area contributed by atoms with Crippen LogP contribution < -0.4 is 4.72 Å². The fourth-order valence-corrected chi connectivity index (χ4v) is 4.21. The Bertz CT molecular complexity index is 268. The van der Waals surface area contributed by atoms with Gasteiger partial charge in [0.15, 0.2) is 0 Å². The first-order chi connectivity index (χ1) is 6.18. The van der Waals surface area contributed by atoms with E-state index in [0.29, 0.717) is 13.1 Å². The normalized spacial score (nSPS) is 30.3. The molecule has 2 saturated heterocycles. The number of hydrogen-bond acceptors (Lipinski definition) is 3. The number of nitrogens with zero attached hydrogens (tertiary/aromatic N) is 1. The Kier molecular flexibility index (Phi) is 2.83. The number of rotatable bonds is 3. The van der Waals surface area contributed by atoms with E-state index in [-0.39, 0.29) is 6.04 Å². The zero-order valence-corrected chi connectivity index (χ0v) is 9.03. The number of thioether (sulfide) groups is 1. The highest BCUT2D eigenvalue weighted by Gasteiger charge is 2.30. The molecule has 76 valence electrons. The second-order valence-electron chi connectivity index (χ2n) is 3.44. The molecule has 0 radical (unpaired) electrons. The summed E-state index contributed by atoms with van der Waals surface area (Å²) in [7, 11) is -3.14. The summed E-state index contributed by atoms with van der Waals surface area (Å²) >= 11 is 1.81. The van der Waals surface area contributed by atoms with Gasteiger partial charge in [-0.15, -0.1) is 0 Å². The Hall–Kier alpha value is 0.220. The lowest BCUT2D eigenvalue weighted by Crippen LogP contribution is -2.51. The maximum atomic E-state index is 11.6. The van der Waals surface area contributed by atoms with Crippen LogP contribution in [0, 0.1) is 0 Å². The molecule has 0 aromatic rings. The van der Waals surface area contributed by atoms with Crippen molar-refractivity contribution in [1.82, 2.24) is 9.03 Å². The summed E-state index contributed by atoms with van der Waals surface area (Å²) in [5.41, 5.74) is 0. The fraction of sp³-hybridized carbons (Fsp3) is 1.00.